The van der Waals surface area contributed by atoms with E-state index in [9.17, 15) is 14.4 Å². The number of hydrogen-bond acceptors (Lipinski definition) is 4. The van der Waals surface area contributed by atoms with E-state index in [1.54, 1.807) is 27.7 Å². The molecule has 106 valence electrons. The molecule has 1 aliphatic rings. The summed E-state index contributed by atoms with van der Waals surface area (Å²) in [6.07, 6.45) is 0.621. The van der Waals surface area contributed by atoms with Crippen LogP contribution >= 0.6 is 0 Å². The SMILES string of the molecule is CCC(C)C(=O)C1C(=O)C(C)=C(OC)C(C)(C)C1=O. The van der Waals surface area contributed by atoms with E-state index in [1.165, 1.54) is 7.11 Å². The molecule has 0 bridgehead atoms. The van der Waals surface area contributed by atoms with Crippen molar-refractivity contribution in [1.82, 2.24) is 0 Å². The fourth-order valence-corrected chi connectivity index (χ4v) is 2.54. The number of hydrogen-bond donors (Lipinski definition) is 0. The Morgan fingerprint density at radius 3 is 2.32 bits per heavy atom. The highest BCUT2D eigenvalue weighted by atomic mass is 16.5. The smallest absolute Gasteiger partial charge is 0.179 e. The van der Waals surface area contributed by atoms with Gasteiger partial charge in [-0.15, -0.1) is 0 Å². The maximum absolute atomic E-state index is 12.5. The Bertz CT molecular complexity index is 457. The minimum Gasteiger partial charge on any atom is -0.500 e. The van der Waals surface area contributed by atoms with Gasteiger partial charge in [-0.2, -0.15) is 0 Å². The molecule has 0 saturated heterocycles. The van der Waals surface area contributed by atoms with Crippen LogP contribution < -0.4 is 0 Å². The van der Waals surface area contributed by atoms with Crippen LogP contribution in [0.4, 0.5) is 0 Å². The first-order valence-corrected chi connectivity index (χ1v) is 6.57. The first-order chi connectivity index (χ1) is 8.69. The van der Waals surface area contributed by atoms with Crippen molar-refractivity contribution in [2.24, 2.45) is 17.3 Å². The molecule has 1 rings (SSSR count). The molecule has 0 spiro atoms. The normalized spacial score (nSPS) is 24.4. The van der Waals surface area contributed by atoms with Crippen molar-refractivity contribution < 1.29 is 19.1 Å². The molecule has 19 heavy (non-hydrogen) atoms. The summed E-state index contributed by atoms with van der Waals surface area (Å²) >= 11 is 0. The van der Waals surface area contributed by atoms with Crippen molar-refractivity contribution in [3.8, 4) is 0 Å². The third-order valence-corrected chi connectivity index (χ3v) is 4.00. The van der Waals surface area contributed by atoms with Crippen molar-refractivity contribution in [2.45, 2.75) is 41.0 Å². The molecular formula is C15H22O4. The monoisotopic (exact) mass is 266 g/mol. The van der Waals surface area contributed by atoms with Gasteiger partial charge in [-0.3, -0.25) is 14.4 Å². The highest BCUT2D eigenvalue weighted by Gasteiger charge is 2.50. The Hall–Kier alpha value is -1.45. The second-order valence-corrected chi connectivity index (χ2v) is 5.66. The van der Waals surface area contributed by atoms with Gasteiger partial charge in [0.05, 0.1) is 12.5 Å². The number of methoxy groups -OCH3 is 1. The minimum atomic E-state index is -1.16. The molecule has 0 radical (unpaired) electrons. The third kappa shape index (κ3) is 2.36. The van der Waals surface area contributed by atoms with Gasteiger partial charge in [0.1, 0.15) is 11.7 Å². The molecule has 0 amide bonds. The van der Waals surface area contributed by atoms with Gasteiger partial charge in [0.25, 0.3) is 0 Å². The zero-order chi connectivity index (χ0) is 15.0. The molecule has 0 saturated carbocycles. The Labute approximate surface area is 114 Å². The molecule has 0 aromatic carbocycles. The van der Waals surface area contributed by atoms with E-state index in [-0.39, 0.29) is 17.5 Å². The molecule has 0 aliphatic heterocycles. The highest BCUT2D eigenvalue weighted by molar-refractivity contribution is 6.27. The number of Topliss-reactive ketones (excluding diaryl/α,β-unsaturated/α-hetero) is 3. The van der Waals surface area contributed by atoms with Crippen LogP contribution in [0.3, 0.4) is 0 Å². The summed E-state index contributed by atoms with van der Waals surface area (Å²) in [5, 5.41) is 0. The van der Waals surface area contributed by atoms with E-state index in [0.29, 0.717) is 17.8 Å². The number of ketones is 3. The van der Waals surface area contributed by atoms with Gasteiger partial charge < -0.3 is 4.74 Å². The lowest BCUT2D eigenvalue weighted by molar-refractivity contribution is -0.146. The van der Waals surface area contributed by atoms with Crippen molar-refractivity contribution in [3.63, 3.8) is 0 Å². The quantitative estimate of drug-likeness (QED) is 0.733. The van der Waals surface area contributed by atoms with Crippen molar-refractivity contribution in [2.75, 3.05) is 7.11 Å². The molecule has 2 unspecified atom stereocenters. The molecule has 0 aromatic heterocycles. The van der Waals surface area contributed by atoms with Crippen LogP contribution in [0.1, 0.15) is 41.0 Å². The van der Waals surface area contributed by atoms with E-state index in [0.717, 1.165) is 0 Å². The highest BCUT2D eigenvalue weighted by Crippen LogP contribution is 2.39. The molecule has 1 aliphatic carbocycles. The summed E-state index contributed by atoms with van der Waals surface area (Å²) < 4.78 is 5.20. The second-order valence-electron chi connectivity index (χ2n) is 5.66. The summed E-state index contributed by atoms with van der Waals surface area (Å²) in [5.74, 6) is -2.12. The average molecular weight is 266 g/mol. The van der Waals surface area contributed by atoms with E-state index < -0.39 is 17.1 Å². The van der Waals surface area contributed by atoms with Crippen molar-refractivity contribution >= 4 is 17.3 Å². The summed E-state index contributed by atoms with van der Waals surface area (Å²) in [5.41, 5.74) is -0.547. The second kappa shape index (κ2) is 5.27. The summed E-state index contributed by atoms with van der Waals surface area (Å²) in [6.45, 7) is 8.63. The molecule has 4 heteroatoms. The van der Waals surface area contributed by atoms with Crippen LogP contribution in [-0.4, -0.2) is 24.5 Å². The number of allylic oxidation sites excluding steroid dienone is 2. The number of rotatable bonds is 4. The summed E-state index contributed by atoms with van der Waals surface area (Å²) in [6, 6.07) is 0. The molecule has 4 nitrogen and oxygen atoms in total. The van der Waals surface area contributed by atoms with Gasteiger partial charge in [-0.1, -0.05) is 13.8 Å². The van der Waals surface area contributed by atoms with E-state index in [2.05, 4.69) is 0 Å². The van der Waals surface area contributed by atoms with Gasteiger partial charge in [-0.25, -0.2) is 0 Å². The van der Waals surface area contributed by atoms with E-state index >= 15 is 0 Å². The third-order valence-electron chi connectivity index (χ3n) is 4.00. The zero-order valence-corrected chi connectivity index (χ0v) is 12.5. The first-order valence-electron chi connectivity index (χ1n) is 6.57. The van der Waals surface area contributed by atoms with Crippen LogP contribution in [0.5, 0.6) is 0 Å². The zero-order valence-electron chi connectivity index (χ0n) is 12.5. The fraction of sp³-hybridized carbons (Fsp3) is 0.667. The lowest BCUT2D eigenvalue weighted by atomic mass is 9.68. The van der Waals surface area contributed by atoms with Gasteiger partial charge in [0, 0.05) is 11.5 Å². The van der Waals surface area contributed by atoms with Crippen LogP contribution in [0.25, 0.3) is 0 Å². The van der Waals surface area contributed by atoms with Crippen LogP contribution in [0, 0.1) is 17.3 Å². The molecule has 0 heterocycles. The molecule has 0 N–H and O–H groups in total. The lowest BCUT2D eigenvalue weighted by Crippen LogP contribution is -2.47. The molecule has 0 fully saturated rings. The van der Waals surface area contributed by atoms with E-state index in [1.807, 2.05) is 6.92 Å². The minimum absolute atomic E-state index is 0.278. The Kier molecular flexibility index (Phi) is 4.33. The van der Waals surface area contributed by atoms with Crippen LogP contribution in [0.2, 0.25) is 0 Å². The van der Waals surface area contributed by atoms with Gasteiger partial charge in [0.15, 0.2) is 17.3 Å². The largest absolute Gasteiger partial charge is 0.500 e. The predicted octanol–water partition coefficient (Wildman–Crippen LogP) is 2.32. The standard InChI is InChI=1S/C15H22O4/c1-7-8(2)11(16)10-12(17)9(3)14(19-6)15(4,5)13(10)18/h8,10H,7H2,1-6H3. The predicted molar refractivity (Wildman–Crippen MR) is 71.5 cm³/mol. The summed E-state index contributed by atoms with van der Waals surface area (Å²) in [7, 11) is 1.44. The topological polar surface area (TPSA) is 60.4 Å². The van der Waals surface area contributed by atoms with Crippen molar-refractivity contribution in [1.29, 1.82) is 0 Å². The molecular weight excluding hydrogens is 244 g/mol. The first kappa shape index (κ1) is 15.6. The average Bonchev–Trinajstić information content (AvgIpc) is 2.36. The van der Waals surface area contributed by atoms with Gasteiger partial charge in [0.2, 0.25) is 0 Å². The number of carbonyl (C=O) groups is 3. The van der Waals surface area contributed by atoms with Crippen LogP contribution in [-0.2, 0) is 19.1 Å². The van der Waals surface area contributed by atoms with Crippen molar-refractivity contribution in [3.05, 3.63) is 11.3 Å². The lowest BCUT2D eigenvalue weighted by Gasteiger charge is -2.35. The Morgan fingerprint density at radius 1 is 1.37 bits per heavy atom. The maximum atomic E-state index is 12.5. The Morgan fingerprint density at radius 2 is 1.89 bits per heavy atom. The number of ether oxygens (including phenoxy) is 1. The van der Waals surface area contributed by atoms with Gasteiger partial charge >= 0.3 is 0 Å². The van der Waals surface area contributed by atoms with Gasteiger partial charge in [-0.05, 0) is 27.2 Å². The fourth-order valence-electron chi connectivity index (χ4n) is 2.54. The number of carbonyl (C=O) groups excluding carboxylic acids is 3. The summed E-state index contributed by atoms with van der Waals surface area (Å²) in [4.78, 5) is 37.0. The van der Waals surface area contributed by atoms with Crippen LogP contribution in [0.15, 0.2) is 11.3 Å². The molecule has 0 aromatic rings. The van der Waals surface area contributed by atoms with E-state index in [4.69, 9.17) is 4.74 Å². The Balaban J connectivity index is 3.33. The molecule has 2 atom stereocenters. The maximum Gasteiger partial charge on any atom is 0.179 e.